The van der Waals surface area contributed by atoms with Gasteiger partial charge >= 0.3 is 0 Å². The number of amides is 1. The molecular formula is C23H21N3O5S2. The van der Waals surface area contributed by atoms with Crippen LogP contribution in [0.3, 0.4) is 0 Å². The average Bonchev–Trinajstić information content (AvgIpc) is 3.50. The highest BCUT2D eigenvalue weighted by Gasteiger charge is 2.23. The van der Waals surface area contributed by atoms with E-state index in [4.69, 9.17) is 19.2 Å². The fourth-order valence-corrected chi connectivity index (χ4v) is 5.48. The molecular weight excluding hydrogens is 462 g/mol. The molecule has 8 nitrogen and oxygen atoms in total. The molecule has 5 rings (SSSR count). The third kappa shape index (κ3) is 4.53. The maximum absolute atomic E-state index is 13.3. The lowest BCUT2D eigenvalue weighted by Crippen LogP contribution is -2.27. The van der Waals surface area contributed by atoms with Crippen LogP contribution in [0.25, 0.3) is 5.69 Å². The predicted octanol–water partition coefficient (Wildman–Crippen LogP) is 3.03. The van der Waals surface area contributed by atoms with Gasteiger partial charge in [0.05, 0.1) is 29.1 Å². The first-order chi connectivity index (χ1) is 16.1. The van der Waals surface area contributed by atoms with Crippen molar-refractivity contribution in [2.24, 2.45) is 0 Å². The number of carbonyl (C=O) groups is 1. The van der Waals surface area contributed by atoms with Crippen LogP contribution in [0.2, 0.25) is 0 Å². The van der Waals surface area contributed by atoms with Crippen molar-refractivity contribution in [1.82, 2.24) is 14.9 Å². The molecule has 3 heterocycles. The van der Waals surface area contributed by atoms with E-state index in [1.54, 1.807) is 17.7 Å². The zero-order chi connectivity index (χ0) is 22.8. The van der Waals surface area contributed by atoms with Gasteiger partial charge in [-0.05, 0) is 29.8 Å². The summed E-state index contributed by atoms with van der Waals surface area (Å²) in [5.74, 6) is 2.84. The number of benzene rings is 2. The molecule has 0 saturated heterocycles. The Morgan fingerprint density at radius 2 is 2.12 bits per heavy atom. The maximum Gasteiger partial charge on any atom is 0.272 e. The summed E-state index contributed by atoms with van der Waals surface area (Å²) < 4.78 is 17.6. The van der Waals surface area contributed by atoms with Crippen LogP contribution >= 0.6 is 23.5 Å². The van der Waals surface area contributed by atoms with Crippen LogP contribution in [0.5, 0.6) is 17.2 Å². The molecule has 3 aromatic rings. The number of nitrogens with one attached hydrogen (secondary N) is 1. The van der Waals surface area contributed by atoms with Gasteiger partial charge in [0.1, 0.15) is 5.75 Å². The topological polar surface area (TPSA) is 91.7 Å². The Morgan fingerprint density at radius 1 is 1.24 bits per heavy atom. The lowest BCUT2D eigenvalue weighted by molar-refractivity contribution is -0.118. The van der Waals surface area contributed by atoms with E-state index < -0.39 is 0 Å². The molecule has 0 aliphatic carbocycles. The summed E-state index contributed by atoms with van der Waals surface area (Å²) in [6.07, 6.45) is 0.748. The van der Waals surface area contributed by atoms with E-state index in [2.05, 4.69) is 5.32 Å². The second-order valence-electron chi connectivity index (χ2n) is 7.36. The van der Waals surface area contributed by atoms with E-state index in [-0.39, 0.29) is 24.0 Å². The lowest BCUT2D eigenvalue weighted by atomic mass is 10.2. The highest BCUT2D eigenvalue weighted by Crippen LogP contribution is 2.33. The van der Waals surface area contributed by atoms with Crippen molar-refractivity contribution in [3.8, 4) is 22.9 Å². The van der Waals surface area contributed by atoms with Crippen LogP contribution in [0.15, 0.2) is 57.3 Å². The van der Waals surface area contributed by atoms with E-state index in [1.165, 1.54) is 23.5 Å². The summed E-state index contributed by atoms with van der Waals surface area (Å²) in [4.78, 5) is 31.2. The van der Waals surface area contributed by atoms with Crippen LogP contribution < -0.4 is 25.1 Å². The van der Waals surface area contributed by atoms with Gasteiger partial charge in [0, 0.05) is 24.8 Å². The number of nitrogens with zero attached hydrogens (tertiary/aromatic N) is 2. The van der Waals surface area contributed by atoms with Crippen LogP contribution in [0, 0.1) is 0 Å². The zero-order valence-electron chi connectivity index (χ0n) is 17.8. The van der Waals surface area contributed by atoms with E-state index in [0.29, 0.717) is 39.5 Å². The largest absolute Gasteiger partial charge is 0.497 e. The number of hydrogen-bond donors (Lipinski definition) is 1. The Balaban J connectivity index is 1.33. The van der Waals surface area contributed by atoms with Gasteiger partial charge in [-0.25, -0.2) is 4.98 Å². The SMILES string of the molecule is COc1cccc(-n2c(SCC(=O)NCc3ccc4c(c3)OCO4)nc3c(c2=O)SCC3)c1. The number of methoxy groups -OCH3 is 1. The van der Waals surface area contributed by atoms with E-state index >= 15 is 0 Å². The first kappa shape index (κ1) is 21.7. The summed E-state index contributed by atoms with van der Waals surface area (Å²) in [5.41, 5.74) is 2.26. The quantitative estimate of drug-likeness (QED) is 0.405. The fourth-order valence-electron chi connectivity index (χ4n) is 3.60. The van der Waals surface area contributed by atoms with Gasteiger partial charge < -0.3 is 19.5 Å². The van der Waals surface area contributed by atoms with Crippen molar-refractivity contribution in [1.29, 1.82) is 0 Å². The Morgan fingerprint density at radius 3 is 3.00 bits per heavy atom. The summed E-state index contributed by atoms with van der Waals surface area (Å²) in [6, 6.07) is 12.9. The van der Waals surface area contributed by atoms with E-state index in [9.17, 15) is 9.59 Å². The number of ether oxygens (including phenoxy) is 3. The molecule has 0 spiro atoms. The summed E-state index contributed by atoms with van der Waals surface area (Å²) in [6.45, 7) is 0.579. The standard InChI is InChI=1S/C23H21N3O5S2/c1-29-16-4-2-3-15(10-16)26-22(28)21-17(7-8-32-21)25-23(26)33-12-20(27)24-11-14-5-6-18-19(9-14)31-13-30-18/h2-6,9-10H,7-8,11-13H2,1H3,(H,24,27). The Hall–Kier alpha value is -3.11. The van der Waals surface area contributed by atoms with Crippen molar-refractivity contribution >= 4 is 29.4 Å². The van der Waals surface area contributed by atoms with Crippen molar-refractivity contribution < 1.29 is 19.0 Å². The molecule has 0 fully saturated rings. The average molecular weight is 484 g/mol. The van der Waals surface area contributed by atoms with Gasteiger partial charge in [0.25, 0.3) is 5.56 Å². The van der Waals surface area contributed by atoms with Crippen molar-refractivity contribution in [2.75, 3.05) is 25.4 Å². The molecule has 2 aliphatic heterocycles. The minimum Gasteiger partial charge on any atom is -0.497 e. The molecule has 0 bridgehead atoms. The maximum atomic E-state index is 13.3. The Kier molecular flexibility index (Phi) is 6.19. The van der Waals surface area contributed by atoms with Gasteiger partial charge in [-0.15, -0.1) is 11.8 Å². The third-order valence-electron chi connectivity index (χ3n) is 5.24. The molecule has 1 N–H and O–H groups in total. The third-order valence-corrected chi connectivity index (χ3v) is 7.28. The normalized spacial score (nSPS) is 13.6. The molecule has 1 aromatic heterocycles. The molecule has 0 atom stereocenters. The fraction of sp³-hybridized carbons (Fsp3) is 0.261. The minimum atomic E-state index is -0.154. The van der Waals surface area contributed by atoms with Gasteiger partial charge in [0.15, 0.2) is 16.7 Å². The second kappa shape index (κ2) is 9.40. The molecule has 33 heavy (non-hydrogen) atoms. The number of hydrogen-bond acceptors (Lipinski definition) is 8. The molecule has 170 valence electrons. The van der Waals surface area contributed by atoms with Gasteiger partial charge in [-0.2, -0.15) is 0 Å². The van der Waals surface area contributed by atoms with E-state index in [1.807, 2.05) is 36.4 Å². The number of fused-ring (bicyclic) bond motifs is 2. The predicted molar refractivity (Wildman–Crippen MR) is 126 cm³/mol. The molecule has 0 saturated carbocycles. The molecule has 2 aromatic carbocycles. The van der Waals surface area contributed by atoms with Crippen molar-refractivity contribution in [3.05, 3.63) is 64.1 Å². The lowest BCUT2D eigenvalue weighted by Gasteiger charge is -2.14. The zero-order valence-corrected chi connectivity index (χ0v) is 19.5. The van der Waals surface area contributed by atoms with Gasteiger partial charge in [-0.3, -0.25) is 14.2 Å². The minimum absolute atomic E-state index is 0.112. The van der Waals surface area contributed by atoms with Crippen LogP contribution in [0.1, 0.15) is 11.3 Å². The molecule has 0 radical (unpaired) electrons. The summed E-state index contributed by atoms with van der Waals surface area (Å²) in [7, 11) is 1.58. The van der Waals surface area contributed by atoms with Crippen LogP contribution in [-0.4, -0.2) is 40.9 Å². The van der Waals surface area contributed by atoms with Crippen LogP contribution in [0.4, 0.5) is 0 Å². The second-order valence-corrected chi connectivity index (χ2v) is 9.41. The van der Waals surface area contributed by atoms with Crippen molar-refractivity contribution in [3.63, 3.8) is 0 Å². The smallest absolute Gasteiger partial charge is 0.272 e. The summed E-state index contributed by atoms with van der Waals surface area (Å²) >= 11 is 2.77. The molecule has 1 amide bonds. The first-order valence-electron chi connectivity index (χ1n) is 10.3. The number of aromatic nitrogens is 2. The van der Waals surface area contributed by atoms with Gasteiger partial charge in [-0.1, -0.05) is 23.9 Å². The molecule has 2 aliphatic rings. The molecule has 0 unspecified atom stereocenters. The van der Waals surface area contributed by atoms with E-state index in [0.717, 1.165) is 23.4 Å². The number of carbonyl (C=O) groups excluding carboxylic acids is 1. The highest BCUT2D eigenvalue weighted by molar-refractivity contribution is 8.00. The highest BCUT2D eigenvalue weighted by atomic mass is 32.2. The Labute approximate surface area is 198 Å². The monoisotopic (exact) mass is 483 g/mol. The number of aryl methyl sites for hydroxylation is 1. The van der Waals surface area contributed by atoms with Crippen molar-refractivity contribution in [2.45, 2.75) is 23.0 Å². The number of rotatable bonds is 7. The van der Waals surface area contributed by atoms with Gasteiger partial charge in [0.2, 0.25) is 12.7 Å². The Bertz CT molecular complexity index is 1280. The van der Waals surface area contributed by atoms with Crippen LogP contribution in [-0.2, 0) is 17.8 Å². The summed E-state index contributed by atoms with van der Waals surface area (Å²) in [5, 5.41) is 3.40. The number of thioether (sulfide) groups is 2. The first-order valence-corrected chi connectivity index (χ1v) is 12.3. The molecule has 10 heteroatoms.